The van der Waals surface area contributed by atoms with Gasteiger partial charge in [0.1, 0.15) is 0 Å². The zero-order valence-electron chi connectivity index (χ0n) is 12.0. The van der Waals surface area contributed by atoms with Crippen molar-refractivity contribution in [2.45, 2.75) is 72.7 Å². The molecule has 104 valence electrons. The first kappa shape index (κ1) is 18.6. The second-order valence-corrected chi connectivity index (χ2v) is 5.05. The van der Waals surface area contributed by atoms with E-state index >= 15 is 0 Å². The highest BCUT2D eigenvalue weighted by atomic mass is 17.2. The lowest BCUT2D eigenvalue weighted by atomic mass is 10.2. The molecule has 0 amide bonds. The van der Waals surface area contributed by atoms with E-state index in [2.05, 4.69) is 18.6 Å². The summed E-state index contributed by atoms with van der Waals surface area (Å²) < 4.78 is 4.40. The Hall–Kier alpha value is -0.810. The van der Waals surface area contributed by atoms with Gasteiger partial charge in [-0.15, -0.1) is 0 Å². The molecule has 0 aliphatic rings. The van der Waals surface area contributed by atoms with Gasteiger partial charge >= 0.3 is 6.16 Å². The third kappa shape index (κ3) is 17.8. The Morgan fingerprint density at radius 3 is 1.65 bits per heavy atom. The van der Waals surface area contributed by atoms with Gasteiger partial charge in [0.2, 0.25) is 5.79 Å². The van der Waals surface area contributed by atoms with Crippen LogP contribution in [0.15, 0.2) is 0 Å². The lowest BCUT2D eigenvalue weighted by molar-refractivity contribution is -0.440. The summed E-state index contributed by atoms with van der Waals surface area (Å²) in [4.78, 5) is 19.9. The van der Waals surface area contributed by atoms with Gasteiger partial charge in [0, 0.05) is 13.8 Å². The lowest BCUT2D eigenvalue weighted by Gasteiger charge is -2.26. The molecule has 0 aliphatic carbocycles. The number of unbranched alkanes of at least 4 members (excludes halogenated alkanes) is 1. The lowest BCUT2D eigenvalue weighted by Crippen LogP contribution is -2.34. The van der Waals surface area contributed by atoms with E-state index in [-0.39, 0.29) is 0 Å². The third-order valence-corrected chi connectivity index (χ3v) is 1.33. The van der Waals surface area contributed by atoms with E-state index in [1.54, 1.807) is 20.8 Å². The fourth-order valence-corrected chi connectivity index (χ4v) is 0.453. The van der Waals surface area contributed by atoms with Crippen LogP contribution in [0.4, 0.5) is 4.79 Å². The van der Waals surface area contributed by atoms with Gasteiger partial charge in [-0.3, -0.25) is 0 Å². The molecule has 5 heteroatoms. The molecule has 0 saturated heterocycles. The van der Waals surface area contributed by atoms with Gasteiger partial charge in [-0.1, -0.05) is 26.7 Å². The van der Waals surface area contributed by atoms with E-state index in [0.29, 0.717) is 0 Å². The van der Waals surface area contributed by atoms with Crippen LogP contribution in [0.25, 0.3) is 0 Å². The van der Waals surface area contributed by atoms with Crippen LogP contribution in [0, 0.1) is 0 Å². The predicted octanol–water partition coefficient (Wildman–Crippen LogP) is 3.97. The molecule has 0 bridgehead atoms. The first-order valence-corrected chi connectivity index (χ1v) is 5.83. The first-order chi connectivity index (χ1) is 7.54. The van der Waals surface area contributed by atoms with Gasteiger partial charge in [0.15, 0.2) is 0 Å². The molecular formula is C12H26O5. The summed E-state index contributed by atoms with van der Waals surface area (Å²) in [5.41, 5.74) is -0.501. The molecule has 0 atom stereocenters. The predicted molar refractivity (Wildman–Crippen MR) is 65.7 cm³/mol. The number of carboxylic acid groups (broad SMARTS) is 1. The van der Waals surface area contributed by atoms with Crippen molar-refractivity contribution < 1.29 is 24.4 Å². The summed E-state index contributed by atoms with van der Waals surface area (Å²) in [6.07, 6.45) is 1.24. The fraction of sp³-hybridized carbons (Fsp3) is 0.917. The van der Waals surface area contributed by atoms with E-state index in [4.69, 9.17) is 14.9 Å². The van der Waals surface area contributed by atoms with Crippen LogP contribution in [-0.2, 0) is 14.5 Å². The number of hydrogen-bond donors (Lipinski definition) is 1. The van der Waals surface area contributed by atoms with Crippen molar-refractivity contribution in [3.05, 3.63) is 0 Å². The van der Waals surface area contributed by atoms with E-state index in [1.807, 2.05) is 0 Å². The SMILES string of the molecule is CC(C)(C)OOC(C)(C)OC(=O)O.CCCC. The molecule has 0 radical (unpaired) electrons. The number of rotatable bonds is 4. The Morgan fingerprint density at radius 1 is 1.00 bits per heavy atom. The molecule has 0 aromatic heterocycles. The maximum Gasteiger partial charge on any atom is 0.508 e. The van der Waals surface area contributed by atoms with E-state index in [0.717, 1.165) is 0 Å². The maximum atomic E-state index is 10.2. The van der Waals surface area contributed by atoms with Gasteiger partial charge in [0.05, 0.1) is 5.60 Å². The quantitative estimate of drug-likeness (QED) is 0.354. The minimum absolute atomic E-state index is 0.501. The molecule has 0 heterocycles. The molecular weight excluding hydrogens is 224 g/mol. The average molecular weight is 250 g/mol. The maximum absolute atomic E-state index is 10.2. The molecule has 5 nitrogen and oxygen atoms in total. The first-order valence-electron chi connectivity index (χ1n) is 5.83. The topological polar surface area (TPSA) is 65.0 Å². The summed E-state index contributed by atoms with van der Waals surface area (Å²) in [5, 5.41) is 8.32. The standard InChI is InChI=1S/C8H16O5.C4H10/c1-7(2,3)12-13-8(4,5)11-6(9)10;1-3-4-2/h1-5H3,(H,9,10);3-4H2,1-2H3. The Kier molecular flexibility index (Phi) is 9.06. The van der Waals surface area contributed by atoms with Crippen LogP contribution in [0.1, 0.15) is 61.3 Å². The molecule has 0 saturated carbocycles. The third-order valence-electron chi connectivity index (χ3n) is 1.33. The largest absolute Gasteiger partial charge is 0.508 e. The Balaban J connectivity index is 0. The summed E-state index contributed by atoms with van der Waals surface area (Å²) in [6, 6.07) is 0. The minimum Gasteiger partial charge on any atom is -0.450 e. The van der Waals surface area contributed by atoms with Crippen molar-refractivity contribution in [1.29, 1.82) is 0 Å². The zero-order valence-corrected chi connectivity index (χ0v) is 12.0. The summed E-state index contributed by atoms with van der Waals surface area (Å²) >= 11 is 0. The summed E-state index contributed by atoms with van der Waals surface area (Å²) in [5.74, 6) is -1.29. The smallest absolute Gasteiger partial charge is 0.450 e. The average Bonchev–Trinajstić information content (AvgIpc) is 2.13. The second-order valence-electron chi connectivity index (χ2n) is 5.05. The molecule has 0 aromatic carbocycles. The Bertz CT molecular complexity index is 203. The van der Waals surface area contributed by atoms with E-state index < -0.39 is 17.5 Å². The van der Waals surface area contributed by atoms with Gasteiger partial charge in [-0.2, -0.15) is 4.89 Å². The van der Waals surface area contributed by atoms with Crippen LogP contribution < -0.4 is 0 Å². The van der Waals surface area contributed by atoms with Gasteiger partial charge < -0.3 is 9.84 Å². The van der Waals surface area contributed by atoms with Crippen LogP contribution in [-0.4, -0.2) is 22.7 Å². The van der Waals surface area contributed by atoms with Crippen LogP contribution in [0.5, 0.6) is 0 Å². The molecule has 0 fully saturated rings. The zero-order chi connectivity index (χ0) is 14.1. The fourth-order valence-electron chi connectivity index (χ4n) is 0.453. The number of carbonyl (C=O) groups is 1. The van der Waals surface area contributed by atoms with E-state index in [9.17, 15) is 4.79 Å². The van der Waals surface area contributed by atoms with Crippen molar-refractivity contribution in [1.82, 2.24) is 0 Å². The second kappa shape index (κ2) is 8.31. The molecule has 0 aromatic rings. The number of hydrogen-bond acceptors (Lipinski definition) is 4. The van der Waals surface area contributed by atoms with Gasteiger partial charge in [-0.25, -0.2) is 9.68 Å². The highest BCUT2D eigenvalue weighted by molar-refractivity contribution is 5.57. The number of ether oxygens (including phenoxy) is 1. The molecule has 1 N–H and O–H groups in total. The van der Waals surface area contributed by atoms with E-state index in [1.165, 1.54) is 26.7 Å². The Morgan fingerprint density at radius 2 is 1.41 bits per heavy atom. The Labute approximate surface area is 104 Å². The minimum atomic E-state index is -1.40. The molecule has 0 aliphatic heterocycles. The molecule has 0 unspecified atom stereocenters. The summed E-state index contributed by atoms with van der Waals surface area (Å²) in [6.45, 7) is 12.6. The van der Waals surface area contributed by atoms with Crippen molar-refractivity contribution in [3.63, 3.8) is 0 Å². The van der Waals surface area contributed by atoms with Crippen molar-refractivity contribution in [3.8, 4) is 0 Å². The highest BCUT2D eigenvalue weighted by Crippen LogP contribution is 2.17. The van der Waals surface area contributed by atoms with Gasteiger partial charge in [-0.05, 0) is 20.8 Å². The molecule has 0 rings (SSSR count). The molecule has 0 spiro atoms. The highest BCUT2D eigenvalue weighted by Gasteiger charge is 2.27. The van der Waals surface area contributed by atoms with Gasteiger partial charge in [0.25, 0.3) is 0 Å². The van der Waals surface area contributed by atoms with Crippen molar-refractivity contribution in [2.24, 2.45) is 0 Å². The van der Waals surface area contributed by atoms with Crippen LogP contribution in [0.3, 0.4) is 0 Å². The van der Waals surface area contributed by atoms with Crippen LogP contribution >= 0.6 is 0 Å². The monoisotopic (exact) mass is 250 g/mol. The molecule has 17 heavy (non-hydrogen) atoms. The van der Waals surface area contributed by atoms with Crippen LogP contribution in [0.2, 0.25) is 0 Å². The van der Waals surface area contributed by atoms with Crippen molar-refractivity contribution in [2.75, 3.05) is 0 Å². The normalized spacial score (nSPS) is 11.5. The van der Waals surface area contributed by atoms with Crippen molar-refractivity contribution >= 4 is 6.16 Å². The summed E-state index contributed by atoms with van der Waals surface area (Å²) in [7, 11) is 0.